The first-order valence-electron chi connectivity index (χ1n) is 3.31. The molecule has 0 aliphatic heterocycles. The second-order valence-electron chi connectivity index (χ2n) is 2.21. The molecule has 0 amide bonds. The average molecular weight is 428 g/mol. The summed E-state index contributed by atoms with van der Waals surface area (Å²) in [6, 6.07) is 7.66. The molecule has 1 aromatic heterocycles. The van der Waals surface area contributed by atoms with Gasteiger partial charge in [0.25, 0.3) is 0 Å². The summed E-state index contributed by atoms with van der Waals surface area (Å²) in [4.78, 5) is 0. The zero-order valence-corrected chi connectivity index (χ0v) is 12.6. The number of benzene rings is 1. The van der Waals surface area contributed by atoms with Crippen molar-refractivity contribution in [3.8, 4) is 11.4 Å². The van der Waals surface area contributed by atoms with E-state index in [4.69, 9.17) is 0 Å². The molecule has 0 atom stereocenters. The van der Waals surface area contributed by atoms with Crippen molar-refractivity contribution in [2.75, 3.05) is 0 Å². The minimum Gasteiger partial charge on any atom is -0.330 e. The third kappa shape index (κ3) is 2.57. The second kappa shape index (κ2) is 4.80. The van der Waals surface area contributed by atoms with Gasteiger partial charge in [0, 0.05) is 10.3 Å². The Morgan fingerprint density at radius 1 is 1.15 bits per heavy atom. The zero-order valence-electron chi connectivity index (χ0n) is 6.55. The molecule has 0 aliphatic carbocycles. The third-order valence-corrected chi connectivity index (χ3v) is 1.95. The summed E-state index contributed by atoms with van der Waals surface area (Å²) in [7, 11) is 0. The molecule has 0 saturated carbocycles. The minimum absolute atomic E-state index is 0. The van der Waals surface area contributed by atoms with Crippen LogP contribution in [0.4, 0.5) is 0 Å². The van der Waals surface area contributed by atoms with Crippen LogP contribution in [0.25, 0.3) is 11.4 Å². The molecule has 13 heavy (non-hydrogen) atoms. The van der Waals surface area contributed by atoms with E-state index in [1.54, 1.807) is 0 Å². The van der Waals surface area contributed by atoms with Crippen LogP contribution in [-0.2, 0) is 0 Å². The van der Waals surface area contributed by atoms with Crippen LogP contribution in [0.2, 0.25) is 0 Å². The molecule has 0 aliphatic rings. The van der Waals surface area contributed by atoms with Gasteiger partial charge in [0.2, 0.25) is 0 Å². The fraction of sp³-hybridized carbons (Fsp3) is 0. The van der Waals surface area contributed by atoms with Crippen molar-refractivity contribution in [3.63, 3.8) is 0 Å². The minimum atomic E-state index is 0. The van der Waals surface area contributed by atoms with E-state index < -0.39 is 0 Å². The van der Waals surface area contributed by atoms with Crippen molar-refractivity contribution in [2.45, 2.75) is 0 Å². The number of nitrogens with zero attached hydrogens (tertiary/aromatic N) is 4. The van der Waals surface area contributed by atoms with E-state index in [1.807, 2.05) is 24.3 Å². The monoisotopic (exact) mass is 428 g/mol. The van der Waals surface area contributed by atoms with Gasteiger partial charge in [-0.2, -0.15) is 5.21 Å². The van der Waals surface area contributed by atoms with Crippen molar-refractivity contribution in [3.05, 3.63) is 28.7 Å². The van der Waals surface area contributed by atoms with Crippen molar-refractivity contribution in [1.82, 2.24) is 20.6 Å². The Balaban J connectivity index is 0.000000845. The standard InChI is InChI=1S/C7H4BrN4.Tl/c8-6-3-1-5(2-4-6)7-9-11-12-10-7;/h1-4H;/q-1;+1. The molecular formula is C7H4BrN4Tl. The Kier molecular flexibility index (Phi) is 3.97. The molecule has 1 aromatic carbocycles. The van der Waals surface area contributed by atoms with Crippen molar-refractivity contribution in [2.24, 2.45) is 0 Å². The summed E-state index contributed by atoms with van der Waals surface area (Å²) in [5, 5.41) is 14.3. The predicted molar refractivity (Wildman–Crippen MR) is 52.0 cm³/mol. The number of rotatable bonds is 1. The van der Waals surface area contributed by atoms with Crippen molar-refractivity contribution >= 4 is 43.2 Å². The third-order valence-electron chi connectivity index (χ3n) is 1.42. The Bertz CT molecular complexity index is 358. The van der Waals surface area contributed by atoms with Crippen LogP contribution in [0.1, 0.15) is 0 Å². The maximum Gasteiger partial charge on any atom is 1.00 e. The molecule has 0 radical (unpaired) electrons. The molecule has 4 nitrogen and oxygen atoms in total. The Morgan fingerprint density at radius 3 is 2.38 bits per heavy atom. The van der Waals surface area contributed by atoms with Gasteiger partial charge in [0.1, 0.15) is 0 Å². The summed E-state index contributed by atoms with van der Waals surface area (Å²) >= 11 is 3.34. The number of tetrazole rings is 1. The Hall–Kier alpha value is -0.308. The summed E-state index contributed by atoms with van der Waals surface area (Å²) in [5.41, 5.74) is 0.920. The van der Waals surface area contributed by atoms with Gasteiger partial charge in [-0.15, -0.1) is 0 Å². The number of aromatic nitrogens is 4. The molecule has 0 unspecified atom stereocenters. The van der Waals surface area contributed by atoms with Crippen LogP contribution < -0.4 is 5.10 Å². The molecule has 0 spiro atoms. The molecule has 0 fully saturated rings. The Labute approximate surface area is 103 Å². The van der Waals surface area contributed by atoms with Crippen molar-refractivity contribution in [1.29, 1.82) is 0 Å². The molecule has 1 heterocycles. The fourth-order valence-electron chi connectivity index (χ4n) is 0.859. The maximum atomic E-state index is 3.73. The second-order valence-corrected chi connectivity index (χ2v) is 3.13. The van der Waals surface area contributed by atoms with Gasteiger partial charge in [0.05, 0.1) is 0 Å². The van der Waals surface area contributed by atoms with Crippen LogP contribution in [-0.4, -0.2) is 42.8 Å². The van der Waals surface area contributed by atoms with Crippen LogP contribution in [0.5, 0.6) is 0 Å². The van der Waals surface area contributed by atoms with E-state index >= 15 is 0 Å². The van der Waals surface area contributed by atoms with Crippen LogP contribution in [0, 0.1) is 0 Å². The summed E-state index contributed by atoms with van der Waals surface area (Å²) in [6.07, 6.45) is 0. The molecule has 2 aromatic rings. The normalized spacial score (nSPS) is 9.31. The van der Waals surface area contributed by atoms with Gasteiger partial charge in [-0.05, 0) is 17.7 Å². The summed E-state index contributed by atoms with van der Waals surface area (Å²) in [5.74, 6) is 0.558. The number of halogens is 1. The SMILES string of the molecule is Brc1ccc(-c2nnn[n-]2)cc1.[Tl+]. The molecule has 0 bridgehead atoms. The van der Waals surface area contributed by atoms with E-state index in [-0.39, 0.29) is 27.3 Å². The van der Waals surface area contributed by atoms with E-state index in [2.05, 4.69) is 36.6 Å². The van der Waals surface area contributed by atoms with E-state index in [9.17, 15) is 0 Å². The zero-order chi connectivity index (χ0) is 8.39. The van der Waals surface area contributed by atoms with Gasteiger partial charge in [-0.3, -0.25) is 10.3 Å². The van der Waals surface area contributed by atoms with Gasteiger partial charge >= 0.3 is 27.3 Å². The van der Waals surface area contributed by atoms with Crippen molar-refractivity contribution < 1.29 is 0 Å². The predicted octanol–water partition coefficient (Wildman–Crippen LogP) is 0.877. The molecule has 0 N–H and O–H groups in total. The van der Waals surface area contributed by atoms with Gasteiger partial charge in [-0.25, -0.2) is 0 Å². The number of hydrogen-bond donors (Lipinski definition) is 0. The largest absolute Gasteiger partial charge is 1.00 e. The first-order valence-corrected chi connectivity index (χ1v) is 4.10. The van der Waals surface area contributed by atoms with Crippen LogP contribution in [0.15, 0.2) is 28.7 Å². The first-order chi connectivity index (χ1) is 5.86. The summed E-state index contributed by atoms with van der Waals surface area (Å²) in [6.45, 7) is 0. The van der Waals surface area contributed by atoms with Gasteiger partial charge in [0.15, 0.2) is 0 Å². The van der Waals surface area contributed by atoms with E-state index in [0.717, 1.165) is 10.0 Å². The summed E-state index contributed by atoms with van der Waals surface area (Å²) < 4.78 is 1.03. The smallest absolute Gasteiger partial charge is 0.330 e. The quantitative estimate of drug-likeness (QED) is 0.633. The molecule has 6 heteroatoms. The maximum absolute atomic E-state index is 3.73. The molecular weight excluding hydrogens is 424 g/mol. The molecule has 62 valence electrons. The fourth-order valence-corrected chi connectivity index (χ4v) is 1.12. The van der Waals surface area contributed by atoms with Crippen LogP contribution in [0.3, 0.4) is 0 Å². The van der Waals surface area contributed by atoms with E-state index in [0.29, 0.717) is 5.82 Å². The molecule has 2 rings (SSSR count). The Morgan fingerprint density at radius 2 is 1.85 bits per heavy atom. The van der Waals surface area contributed by atoms with Gasteiger partial charge in [-0.1, -0.05) is 28.1 Å². The molecule has 0 saturated heterocycles. The van der Waals surface area contributed by atoms with E-state index in [1.165, 1.54) is 0 Å². The van der Waals surface area contributed by atoms with Crippen LogP contribution >= 0.6 is 15.9 Å². The topological polar surface area (TPSA) is 52.8 Å². The van der Waals surface area contributed by atoms with Gasteiger partial charge < -0.3 is 5.10 Å². The number of hydrogen-bond acceptors (Lipinski definition) is 3. The average Bonchev–Trinajstić information content (AvgIpc) is 2.58. The first kappa shape index (κ1) is 10.8.